The van der Waals surface area contributed by atoms with Crippen molar-refractivity contribution in [2.45, 2.75) is 37.2 Å². The highest BCUT2D eigenvalue weighted by molar-refractivity contribution is 8.15. The minimum absolute atomic E-state index is 0.0980. The minimum Gasteiger partial charge on any atom is -0.445 e. The summed E-state index contributed by atoms with van der Waals surface area (Å²) in [5.74, 6) is -0.776. The van der Waals surface area contributed by atoms with E-state index in [9.17, 15) is 18.8 Å². The SMILES string of the molecule is O=C(Nc1ccc(C2SC(=Nc3cccc(F)c3)N(CCc3cccs3)C2=O)cc1)[C@@H]1CCCN1C(=O)OCc1ccccc1. The molecule has 230 valence electrons. The van der Waals surface area contributed by atoms with Crippen LogP contribution in [0, 0.1) is 5.82 Å². The van der Waals surface area contributed by atoms with Crippen molar-refractivity contribution in [3.63, 3.8) is 0 Å². The summed E-state index contributed by atoms with van der Waals surface area (Å²) >= 11 is 2.96. The van der Waals surface area contributed by atoms with Gasteiger partial charge in [-0.05, 0) is 72.2 Å². The van der Waals surface area contributed by atoms with E-state index in [0.717, 1.165) is 16.0 Å². The molecule has 0 spiro atoms. The maximum atomic E-state index is 13.9. The average molecular weight is 643 g/mol. The number of carbonyl (C=O) groups excluding carboxylic acids is 3. The molecule has 45 heavy (non-hydrogen) atoms. The molecule has 4 aromatic rings. The van der Waals surface area contributed by atoms with E-state index in [1.165, 1.54) is 28.8 Å². The average Bonchev–Trinajstić information content (AvgIpc) is 3.81. The third-order valence-electron chi connectivity index (χ3n) is 7.62. The molecule has 2 aliphatic rings. The van der Waals surface area contributed by atoms with E-state index < -0.39 is 23.2 Å². The number of nitrogens with zero attached hydrogens (tertiary/aromatic N) is 3. The Morgan fingerprint density at radius 1 is 1.00 bits per heavy atom. The number of halogens is 1. The number of amidine groups is 1. The van der Waals surface area contributed by atoms with E-state index in [2.05, 4.69) is 10.3 Å². The van der Waals surface area contributed by atoms with Crippen LogP contribution < -0.4 is 5.32 Å². The summed E-state index contributed by atoms with van der Waals surface area (Å²) in [6.45, 7) is 1.05. The van der Waals surface area contributed by atoms with Crippen LogP contribution in [0.2, 0.25) is 0 Å². The highest BCUT2D eigenvalue weighted by Gasteiger charge is 2.39. The molecule has 8 nitrogen and oxygen atoms in total. The van der Waals surface area contributed by atoms with Crippen LogP contribution in [0.1, 0.15) is 34.1 Å². The summed E-state index contributed by atoms with van der Waals surface area (Å²) in [5.41, 5.74) is 2.64. The summed E-state index contributed by atoms with van der Waals surface area (Å²) in [6, 6.07) is 25.9. The Hall–Kier alpha value is -4.48. The predicted molar refractivity (Wildman–Crippen MR) is 175 cm³/mol. The third-order valence-corrected chi connectivity index (χ3v) is 9.78. The molecule has 0 radical (unpaired) electrons. The zero-order valence-electron chi connectivity index (χ0n) is 24.3. The van der Waals surface area contributed by atoms with Crippen molar-refractivity contribution in [3.05, 3.63) is 118 Å². The van der Waals surface area contributed by atoms with Gasteiger partial charge in [0.15, 0.2) is 5.17 Å². The first-order chi connectivity index (χ1) is 21.9. The number of hydrogen-bond acceptors (Lipinski definition) is 7. The molecule has 11 heteroatoms. The monoisotopic (exact) mass is 642 g/mol. The summed E-state index contributed by atoms with van der Waals surface area (Å²) in [6.07, 6.45) is 1.43. The predicted octanol–water partition coefficient (Wildman–Crippen LogP) is 7.17. The molecule has 0 bridgehead atoms. The van der Waals surface area contributed by atoms with Crippen molar-refractivity contribution < 1.29 is 23.5 Å². The second kappa shape index (κ2) is 14.1. The Labute approximate surface area is 268 Å². The van der Waals surface area contributed by atoms with Crippen molar-refractivity contribution in [3.8, 4) is 0 Å². The van der Waals surface area contributed by atoms with Gasteiger partial charge in [0.25, 0.3) is 0 Å². The Kier molecular flexibility index (Phi) is 9.56. The fourth-order valence-corrected chi connectivity index (χ4v) is 7.22. The molecule has 2 atom stereocenters. The van der Waals surface area contributed by atoms with E-state index in [0.29, 0.717) is 48.9 Å². The van der Waals surface area contributed by atoms with Gasteiger partial charge < -0.3 is 10.1 Å². The number of anilines is 1. The van der Waals surface area contributed by atoms with Gasteiger partial charge >= 0.3 is 6.09 Å². The first-order valence-corrected chi connectivity index (χ1v) is 16.4. The fraction of sp³-hybridized carbons (Fsp3) is 0.235. The van der Waals surface area contributed by atoms with Crippen molar-refractivity contribution >= 4 is 57.5 Å². The number of nitrogens with one attached hydrogen (secondary N) is 1. The molecule has 1 unspecified atom stereocenters. The number of thiophene rings is 1. The molecule has 3 aromatic carbocycles. The summed E-state index contributed by atoms with van der Waals surface area (Å²) < 4.78 is 19.3. The number of likely N-dealkylation sites (tertiary alicyclic amines) is 1. The van der Waals surface area contributed by atoms with E-state index in [-0.39, 0.29) is 18.4 Å². The zero-order chi connectivity index (χ0) is 31.2. The van der Waals surface area contributed by atoms with Crippen LogP contribution in [0.3, 0.4) is 0 Å². The van der Waals surface area contributed by atoms with E-state index in [1.807, 2.05) is 60.0 Å². The topological polar surface area (TPSA) is 91.3 Å². The van der Waals surface area contributed by atoms with Gasteiger partial charge in [0.1, 0.15) is 23.7 Å². The van der Waals surface area contributed by atoms with Gasteiger partial charge in [0.2, 0.25) is 11.8 Å². The quantitative estimate of drug-likeness (QED) is 0.209. The molecule has 6 rings (SSSR count). The second-order valence-electron chi connectivity index (χ2n) is 10.7. The molecule has 1 N–H and O–H groups in total. The molecule has 3 heterocycles. The molecular formula is C34H31FN4O4S2. The van der Waals surface area contributed by atoms with Gasteiger partial charge in [0.05, 0.1) is 5.69 Å². The smallest absolute Gasteiger partial charge is 0.410 e. The van der Waals surface area contributed by atoms with Gasteiger partial charge in [-0.2, -0.15) is 0 Å². The Morgan fingerprint density at radius 3 is 2.58 bits per heavy atom. The maximum Gasteiger partial charge on any atom is 0.410 e. The zero-order valence-corrected chi connectivity index (χ0v) is 25.9. The van der Waals surface area contributed by atoms with Gasteiger partial charge in [0, 0.05) is 23.7 Å². The molecule has 0 saturated carbocycles. The number of amides is 3. The van der Waals surface area contributed by atoms with Crippen molar-refractivity contribution in [1.29, 1.82) is 0 Å². The first kappa shape index (κ1) is 30.5. The Morgan fingerprint density at radius 2 is 1.82 bits per heavy atom. The van der Waals surface area contributed by atoms with Crippen molar-refractivity contribution in [2.24, 2.45) is 4.99 Å². The number of benzene rings is 3. The lowest BCUT2D eigenvalue weighted by Crippen LogP contribution is -2.43. The first-order valence-electron chi connectivity index (χ1n) is 14.7. The minimum atomic E-state index is -0.626. The van der Waals surface area contributed by atoms with Crippen LogP contribution in [0.4, 0.5) is 20.6 Å². The third kappa shape index (κ3) is 7.43. The molecule has 1 aromatic heterocycles. The summed E-state index contributed by atoms with van der Waals surface area (Å²) in [5, 5.41) is 4.90. The summed E-state index contributed by atoms with van der Waals surface area (Å²) in [4.78, 5) is 48.5. The number of carbonyl (C=O) groups is 3. The largest absolute Gasteiger partial charge is 0.445 e. The Balaban J connectivity index is 1.11. The lowest BCUT2D eigenvalue weighted by atomic mass is 10.1. The van der Waals surface area contributed by atoms with E-state index in [1.54, 1.807) is 40.5 Å². The second-order valence-corrected chi connectivity index (χ2v) is 12.8. The van der Waals surface area contributed by atoms with E-state index >= 15 is 0 Å². The molecule has 2 saturated heterocycles. The fourth-order valence-electron chi connectivity index (χ4n) is 5.32. The van der Waals surface area contributed by atoms with Gasteiger partial charge in [-0.1, -0.05) is 66.4 Å². The number of rotatable bonds is 9. The van der Waals surface area contributed by atoms with Crippen LogP contribution in [0.5, 0.6) is 0 Å². The highest BCUT2D eigenvalue weighted by atomic mass is 32.2. The van der Waals surface area contributed by atoms with Crippen LogP contribution in [-0.2, 0) is 27.4 Å². The van der Waals surface area contributed by atoms with E-state index in [4.69, 9.17) is 4.74 Å². The standard InChI is InChI=1S/C34H31FN4O4S2/c35-25-9-4-10-27(21-25)37-33-39(19-17-28-11-6-20-44-28)32(41)30(45-33)24-13-15-26(16-14-24)36-31(40)29-12-5-18-38(29)34(42)43-22-23-7-2-1-3-8-23/h1-4,6-11,13-16,20-21,29-30H,5,12,17-19,22H2,(H,36,40)/t29-,30?/m0/s1. The van der Waals surface area contributed by atoms with Crippen LogP contribution in [0.15, 0.2) is 101 Å². The molecular weight excluding hydrogens is 612 g/mol. The summed E-state index contributed by atoms with van der Waals surface area (Å²) in [7, 11) is 0. The lowest BCUT2D eigenvalue weighted by molar-refractivity contribution is -0.126. The van der Waals surface area contributed by atoms with Crippen LogP contribution in [0.25, 0.3) is 0 Å². The number of aliphatic imine (C=N–C) groups is 1. The van der Waals surface area contributed by atoms with Gasteiger partial charge in [-0.15, -0.1) is 11.3 Å². The van der Waals surface area contributed by atoms with Crippen molar-refractivity contribution in [2.75, 3.05) is 18.4 Å². The molecule has 0 aliphatic carbocycles. The van der Waals surface area contributed by atoms with Crippen molar-refractivity contribution in [1.82, 2.24) is 9.80 Å². The highest BCUT2D eigenvalue weighted by Crippen LogP contribution is 2.41. The molecule has 2 fully saturated rings. The number of hydrogen-bond donors (Lipinski definition) is 1. The normalized spacial score (nSPS) is 18.9. The molecule has 2 aliphatic heterocycles. The van der Waals surface area contributed by atoms with Gasteiger partial charge in [-0.3, -0.25) is 19.4 Å². The number of thioether (sulfide) groups is 1. The lowest BCUT2D eigenvalue weighted by Gasteiger charge is -2.23. The van der Waals surface area contributed by atoms with Gasteiger partial charge in [-0.25, -0.2) is 14.2 Å². The van der Waals surface area contributed by atoms with Crippen LogP contribution >= 0.6 is 23.1 Å². The number of ether oxygens (including phenoxy) is 1. The van der Waals surface area contributed by atoms with Crippen LogP contribution in [-0.4, -0.2) is 52.0 Å². The Bertz CT molecular complexity index is 1680. The maximum absolute atomic E-state index is 13.9. The molecule has 3 amide bonds.